The summed E-state index contributed by atoms with van der Waals surface area (Å²) >= 11 is 0. The maximum atomic E-state index is 11.7. The van der Waals surface area contributed by atoms with E-state index in [9.17, 15) is 15.2 Å². The van der Waals surface area contributed by atoms with E-state index in [1.807, 2.05) is 24.3 Å². The number of aromatic carboxylic acids is 1. The summed E-state index contributed by atoms with van der Waals surface area (Å²) in [6.07, 6.45) is 8.72. The predicted octanol–water partition coefficient (Wildman–Crippen LogP) is 5.14. The van der Waals surface area contributed by atoms with Gasteiger partial charge in [-0.3, -0.25) is 9.88 Å². The van der Waals surface area contributed by atoms with Crippen LogP contribution in [0.1, 0.15) is 53.1 Å². The molecule has 4 aromatic rings. The van der Waals surface area contributed by atoms with Crippen molar-refractivity contribution in [3.63, 3.8) is 0 Å². The van der Waals surface area contributed by atoms with E-state index in [1.165, 1.54) is 29.3 Å². The van der Waals surface area contributed by atoms with Crippen molar-refractivity contribution in [2.75, 3.05) is 31.1 Å². The van der Waals surface area contributed by atoms with Crippen LogP contribution in [0.5, 0.6) is 0 Å². The Morgan fingerprint density at radius 3 is 2.57 bits per heavy atom. The summed E-state index contributed by atoms with van der Waals surface area (Å²) < 4.78 is 2.19. The van der Waals surface area contributed by atoms with E-state index in [0.717, 1.165) is 61.2 Å². The van der Waals surface area contributed by atoms with Crippen molar-refractivity contribution in [3.05, 3.63) is 71.5 Å². The van der Waals surface area contributed by atoms with Crippen molar-refractivity contribution >= 4 is 33.5 Å². The number of rotatable bonds is 4. The largest absolute Gasteiger partial charge is 0.478 e. The summed E-state index contributed by atoms with van der Waals surface area (Å²) in [5, 5.41) is 21.1. The second-order valence-electron chi connectivity index (χ2n) is 10.4. The molecule has 1 saturated heterocycles. The van der Waals surface area contributed by atoms with Gasteiger partial charge in [0.1, 0.15) is 0 Å². The van der Waals surface area contributed by atoms with Gasteiger partial charge in [0.15, 0.2) is 0 Å². The van der Waals surface area contributed by atoms with E-state index in [1.54, 1.807) is 18.3 Å². The number of anilines is 1. The third kappa shape index (κ3) is 4.32. The fourth-order valence-electron chi connectivity index (χ4n) is 6.43. The maximum Gasteiger partial charge on any atom is 0.335 e. The van der Waals surface area contributed by atoms with Gasteiger partial charge in [0, 0.05) is 68.0 Å². The smallest absolute Gasteiger partial charge is 0.335 e. The number of nitriles is 1. The van der Waals surface area contributed by atoms with Crippen LogP contribution in [0.4, 0.5) is 5.69 Å². The second-order valence-corrected chi connectivity index (χ2v) is 10.4. The Labute approximate surface area is 216 Å². The lowest BCUT2D eigenvalue weighted by Gasteiger charge is -2.42. The van der Waals surface area contributed by atoms with Gasteiger partial charge in [0.25, 0.3) is 0 Å². The van der Waals surface area contributed by atoms with Crippen LogP contribution in [0.2, 0.25) is 0 Å². The van der Waals surface area contributed by atoms with Crippen molar-refractivity contribution in [2.24, 2.45) is 7.05 Å². The molecule has 7 heteroatoms. The molecule has 37 heavy (non-hydrogen) atoms. The average molecular weight is 494 g/mol. The number of hydrogen-bond acceptors (Lipinski definition) is 5. The number of pyridine rings is 1. The Hall–Kier alpha value is -3.89. The Balaban J connectivity index is 1.13. The minimum absolute atomic E-state index is 0.312. The number of benzene rings is 2. The zero-order valence-corrected chi connectivity index (χ0v) is 21.1. The quantitative estimate of drug-likeness (QED) is 0.423. The van der Waals surface area contributed by atoms with Gasteiger partial charge in [-0.25, -0.2) is 4.79 Å². The first kappa shape index (κ1) is 23.5. The highest BCUT2D eigenvalue weighted by molar-refractivity contribution is 5.99. The summed E-state index contributed by atoms with van der Waals surface area (Å²) in [6, 6.07) is 16.2. The fraction of sp³-hybridized carbons (Fsp3) is 0.367. The Kier molecular flexibility index (Phi) is 6.05. The third-order valence-electron chi connectivity index (χ3n) is 8.39. The predicted molar refractivity (Wildman–Crippen MR) is 145 cm³/mol. The lowest BCUT2D eigenvalue weighted by Crippen LogP contribution is -2.51. The number of carbonyl (C=O) groups is 1. The molecule has 2 aromatic carbocycles. The van der Waals surface area contributed by atoms with Crippen molar-refractivity contribution in [1.29, 1.82) is 5.26 Å². The number of hydrogen-bond donors (Lipinski definition) is 1. The second kappa shape index (κ2) is 9.53. The molecule has 2 fully saturated rings. The molecule has 7 nitrogen and oxygen atoms in total. The summed E-state index contributed by atoms with van der Waals surface area (Å²) in [5.74, 6) is -0.371. The third-order valence-corrected chi connectivity index (χ3v) is 8.39. The summed E-state index contributed by atoms with van der Waals surface area (Å²) in [4.78, 5) is 21.2. The summed E-state index contributed by atoms with van der Waals surface area (Å²) in [7, 11) is 2.09. The number of piperazine rings is 1. The lowest BCUT2D eigenvalue weighted by molar-refractivity contribution is 0.0697. The minimum Gasteiger partial charge on any atom is -0.478 e. The molecule has 1 aliphatic heterocycles. The van der Waals surface area contributed by atoms with Crippen LogP contribution in [0.3, 0.4) is 0 Å². The van der Waals surface area contributed by atoms with Crippen LogP contribution in [-0.2, 0) is 7.05 Å². The van der Waals surface area contributed by atoms with Gasteiger partial charge in [0.2, 0.25) is 0 Å². The van der Waals surface area contributed by atoms with Gasteiger partial charge in [-0.1, -0.05) is 6.07 Å². The summed E-state index contributed by atoms with van der Waals surface area (Å²) in [5.41, 5.74) is 5.41. The number of carboxylic acid groups (broad SMARTS) is 1. The number of aryl methyl sites for hydroxylation is 1. The first-order chi connectivity index (χ1) is 18.0. The van der Waals surface area contributed by atoms with Gasteiger partial charge < -0.3 is 14.6 Å². The molecule has 0 amide bonds. The molecule has 188 valence electrons. The Bertz CT molecular complexity index is 1520. The standard InChI is InChI=1S/C30H31N5O2/c1-33-19-26(25-15-20(18-31)4-9-27(25)33)21-5-7-24(8-6-21)34-11-13-35(14-12-34)28-17-23(30(36)37)16-22-3-2-10-32-29(22)28/h2-4,9-10,15-17,19,21,24H,5-8,11-14H2,1H3,(H,36,37)/t21-,24-. The van der Waals surface area contributed by atoms with Crippen LogP contribution in [0, 0.1) is 11.3 Å². The molecule has 0 radical (unpaired) electrons. The van der Waals surface area contributed by atoms with Gasteiger partial charge in [0.05, 0.1) is 28.4 Å². The Morgan fingerprint density at radius 1 is 1.05 bits per heavy atom. The molecule has 0 unspecified atom stereocenters. The number of aromatic nitrogens is 2. The SMILES string of the molecule is Cn1cc([C@H]2CC[C@H](N3CCN(c4cc(C(=O)O)cc5cccnc45)CC3)CC2)c2cc(C#N)ccc21. The molecule has 2 aliphatic rings. The monoisotopic (exact) mass is 493 g/mol. The first-order valence-electron chi connectivity index (χ1n) is 13.1. The molecule has 0 spiro atoms. The highest BCUT2D eigenvalue weighted by Gasteiger charge is 2.30. The average Bonchev–Trinajstić information content (AvgIpc) is 3.28. The molecular formula is C30H31N5O2. The van der Waals surface area contributed by atoms with E-state index in [-0.39, 0.29) is 0 Å². The number of nitrogens with zero attached hydrogens (tertiary/aromatic N) is 5. The molecule has 1 saturated carbocycles. The molecule has 1 aliphatic carbocycles. The maximum absolute atomic E-state index is 11.7. The van der Waals surface area contributed by atoms with E-state index < -0.39 is 5.97 Å². The fourth-order valence-corrected chi connectivity index (χ4v) is 6.43. The zero-order chi connectivity index (χ0) is 25.5. The van der Waals surface area contributed by atoms with Crippen LogP contribution in [0.25, 0.3) is 21.8 Å². The zero-order valence-electron chi connectivity index (χ0n) is 21.1. The molecule has 1 N–H and O–H groups in total. The molecular weight excluding hydrogens is 462 g/mol. The topological polar surface area (TPSA) is 85.4 Å². The van der Waals surface area contributed by atoms with Gasteiger partial charge >= 0.3 is 5.97 Å². The van der Waals surface area contributed by atoms with E-state index in [2.05, 4.69) is 44.7 Å². The number of carboxylic acids is 1. The van der Waals surface area contributed by atoms with Crippen molar-refractivity contribution < 1.29 is 9.90 Å². The Morgan fingerprint density at radius 2 is 1.84 bits per heavy atom. The highest BCUT2D eigenvalue weighted by atomic mass is 16.4. The van der Waals surface area contributed by atoms with Gasteiger partial charge in [-0.05, 0) is 73.6 Å². The molecule has 3 heterocycles. The van der Waals surface area contributed by atoms with E-state index in [0.29, 0.717) is 17.5 Å². The molecule has 2 aromatic heterocycles. The molecule has 6 rings (SSSR count). The first-order valence-corrected chi connectivity index (χ1v) is 13.1. The van der Waals surface area contributed by atoms with Crippen LogP contribution < -0.4 is 4.90 Å². The highest BCUT2D eigenvalue weighted by Crippen LogP contribution is 2.39. The summed E-state index contributed by atoms with van der Waals surface area (Å²) in [6.45, 7) is 3.69. The van der Waals surface area contributed by atoms with Crippen molar-refractivity contribution in [2.45, 2.75) is 37.6 Å². The van der Waals surface area contributed by atoms with Crippen molar-refractivity contribution in [3.8, 4) is 6.07 Å². The van der Waals surface area contributed by atoms with Crippen LogP contribution in [-0.4, -0.2) is 57.7 Å². The molecule has 0 bridgehead atoms. The van der Waals surface area contributed by atoms with Crippen LogP contribution >= 0.6 is 0 Å². The normalized spacial score (nSPS) is 20.8. The van der Waals surface area contributed by atoms with E-state index in [4.69, 9.17) is 0 Å². The lowest BCUT2D eigenvalue weighted by atomic mass is 9.81. The minimum atomic E-state index is -0.905. The number of fused-ring (bicyclic) bond motifs is 2. The van der Waals surface area contributed by atoms with E-state index >= 15 is 0 Å². The van der Waals surface area contributed by atoms with Gasteiger partial charge in [-0.2, -0.15) is 5.26 Å². The molecule has 0 atom stereocenters. The van der Waals surface area contributed by atoms with Crippen molar-refractivity contribution in [1.82, 2.24) is 14.5 Å². The van der Waals surface area contributed by atoms with Crippen LogP contribution in [0.15, 0.2) is 54.9 Å². The van der Waals surface area contributed by atoms with Gasteiger partial charge in [-0.15, -0.1) is 0 Å².